The summed E-state index contributed by atoms with van der Waals surface area (Å²) in [6, 6.07) is 13.5. The van der Waals surface area contributed by atoms with E-state index >= 15 is 0 Å². The number of hydrogen-bond donors (Lipinski definition) is 2. The third-order valence-electron chi connectivity index (χ3n) is 5.40. The molecule has 3 aromatic rings. The summed E-state index contributed by atoms with van der Waals surface area (Å²) >= 11 is 0. The lowest BCUT2D eigenvalue weighted by molar-refractivity contribution is -0.136. The Bertz CT molecular complexity index is 1200. The molecule has 2 aliphatic heterocycles. The molecular formula is C22H17N3O5. The smallest absolute Gasteiger partial charge is 0.264 e. The summed E-state index contributed by atoms with van der Waals surface area (Å²) in [6.45, 7) is 0.324. The van der Waals surface area contributed by atoms with E-state index in [1.54, 1.807) is 18.2 Å². The number of carbonyl (C=O) groups excluding carboxylic acids is 4. The van der Waals surface area contributed by atoms with Crippen molar-refractivity contribution in [2.75, 3.05) is 5.32 Å². The van der Waals surface area contributed by atoms with Gasteiger partial charge >= 0.3 is 0 Å². The van der Waals surface area contributed by atoms with Gasteiger partial charge in [-0.3, -0.25) is 29.4 Å². The molecule has 30 heavy (non-hydrogen) atoms. The van der Waals surface area contributed by atoms with Crippen LogP contribution < -0.4 is 10.6 Å². The Morgan fingerprint density at radius 3 is 2.67 bits per heavy atom. The van der Waals surface area contributed by atoms with Gasteiger partial charge in [-0.1, -0.05) is 24.3 Å². The molecule has 1 atom stereocenters. The van der Waals surface area contributed by atoms with Crippen LogP contribution in [0.5, 0.6) is 0 Å². The minimum atomic E-state index is -0.988. The number of carbonyl (C=O) groups is 4. The maximum atomic E-state index is 13.1. The molecule has 0 aliphatic carbocycles. The lowest BCUT2D eigenvalue weighted by Gasteiger charge is -2.27. The predicted octanol–water partition coefficient (Wildman–Crippen LogP) is 2.45. The van der Waals surface area contributed by atoms with Crippen LogP contribution in [-0.2, 0) is 16.1 Å². The predicted molar refractivity (Wildman–Crippen MR) is 107 cm³/mol. The number of piperidine rings is 1. The lowest BCUT2D eigenvalue weighted by atomic mass is 10.0. The Morgan fingerprint density at radius 1 is 1.03 bits per heavy atom. The largest absolute Gasteiger partial charge is 0.459 e. The number of benzene rings is 2. The molecule has 2 aliphatic rings. The second-order valence-electron chi connectivity index (χ2n) is 7.28. The summed E-state index contributed by atoms with van der Waals surface area (Å²) in [5, 5.41) is 6.34. The number of nitrogens with zero attached hydrogens (tertiary/aromatic N) is 1. The molecule has 8 heteroatoms. The van der Waals surface area contributed by atoms with Crippen molar-refractivity contribution in [1.29, 1.82) is 0 Å². The molecule has 1 aromatic heterocycles. The van der Waals surface area contributed by atoms with E-state index in [0.29, 0.717) is 18.0 Å². The summed E-state index contributed by atoms with van der Waals surface area (Å²) in [7, 11) is 0. The van der Waals surface area contributed by atoms with Crippen LogP contribution >= 0.6 is 0 Å². The van der Waals surface area contributed by atoms with E-state index in [2.05, 4.69) is 10.6 Å². The van der Waals surface area contributed by atoms with E-state index in [1.165, 1.54) is 0 Å². The standard InChI is InChI=1S/C22H17N3O5/c26-18-9-8-16(20(27)24-18)25-21(28)14-5-3-6-15(19(14)22(25)29)23-11-13-10-12-4-1-2-7-17(12)30-13/h1-7,10,16,23H,8-9,11H2,(H,24,26,27). The average molecular weight is 403 g/mol. The van der Waals surface area contributed by atoms with Gasteiger partial charge in [-0.25, -0.2) is 0 Å². The van der Waals surface area contributed by atoms with Crippen molar-refractivity contribution in [3.63, 3.8) is 0 Å². The Hall–Kier alpha value is -3.94. The third-order valence-corrected chi connectivity index (χ3v) is 5.40. The quantitative estimate of drug-likeness (QED) is 0.648. The maximum Gasteiger partial charge on any atom is 0.264 e. The average Bonchev–Trinajstić information content (AvgIpc) is 3.26. The molecule has 1 unspecified atom stereocenters. The highest BCUT2D eigenvalue weighted by molar-refractivity contribution is 6.25. The number of imide groups is 2. The molecule has 0 spiro atoms. The van der Waals surface area contributed by atoms with E-state index in [4.69, 9.17) is 4.42 Å². The molecule has 2 aromatic carbocycles. The molecular weight excluding hydrogens is 386 g/mol. The normalized spacial score (nSPS) is 18.7. The van der Waals surface area contributed by atoms with Crippen LogP contribution in [0.1, 0.15) is 39.3 Å². The number of para-hydroxylation sites is 1. The van der Waals surface area contributed by atoms with E-state index < -0.39 is 29.7 Å². The SMILES string of the molecule is O=C1CCC(N2C(=O)c3cccc(NCc4cc5ccccc5o4)c3C2=O)C(=O)N1. The third kappa shape index (κ3) is 2.85. The Balaban J connectivity index is 1.41. The van der Waals surface area contributed by atoms with Gasteiger partial charge < -0.3 is 9.73 Å². The highest BCUT2D eigenvalue weighted by atomic mass is 16.3. The van der Waals surface area contributed by atoms with Crippen LogP contribution in [0.3, 0.4) is 0 Å². The van der Waals surface area contributed by atoms with Crippen LogP contribution in [-0.4, -0.2) is 34.6 Å². The van der Waals surface area contributed by atoms with Gasteiger partial charge in [0.05, 0.1) is 17.7 Å². The van der Waals surface area contributed by atoms with Crippen LogP contribution in [0.15, 0.2) is 52.9 Å². The fraction of sp³-hybridized carbons (Fsp3) is 0.182. The first-order valence-electron chi connectivity index (χ1n) is 9.59. The number of anilines is 1. The minimum Gasteiger partial charge on any atom is -0.459 e. The molecule has 150 valence electrons. The van der Waals surface area contributed by atoms with Gasteiger partial charge in [0.1, 0.15) is 17.4 Å². The number of furan rings is 1. The van der Waals surface area contributed by atoms with E-state index in [9.17, 15) is 19.2 Å². The van der Waals surface area contributed by atoms with Gasteiger partial charge in [0.25, 0.3) is 11.8 Å². The highest BCUT2D eigenvalue weighted by Gasteiger charge is 2.45. The first-order chi connectivity index (χ1) is 14.5. The van der Waals surface area contributed by atoms with Crippen LogP contribution in [0, 0.1) is 0 Å². The molecule has 5 rings (SSSR count). The monoisotopic (exact) mass is 403 g/mol. The Morgan fingerprint density at radius 2 is 1.87 bits per heavy atom. The Kier molecular flexibility index (Phi) is 4.13. The number of rotatable bonds is 4. The summed E-state index contributed by atoms with van der Waals surface area (Å²) in [5.41, 5.74) is 1.71. The van der Waals surface area contributed by atoms with E-state index in [1.807, 2.05) is 30.3 Å². The molecule has 2 N–H and O–H groups in total. The fourth-order valence-electron chi connectivity index (χ4n) is 3.97. The molecule has 0 bridgehead atoms. The number of amides is 4. The molecule has 3 heterocycles. The van der Waals surface area contributed by atoms with Crippen molar-refractivity contribution >= 4 is 40.3 Å². The van der Waals surface area contributed by atoms with Gasteiger partial charge in [-0.2, -0.15) is 0 Å². The minimum absolute atomic E-state index is 0.0843. The van der Waals surface area contributed by atoms with Crippen molar-refractivity contribution in [2.45, 2.75) is 25.4 Å². The fourth-order valence-corrected chi connectivity index (χ4v) is 3.97. The molecule has 1 fully saturated rings. The summed E-state index contributed by atoms with van der Waals surface area (Å²) in [5.74, 6) is -1.42. The van der Waals surface area contributed by atoms with E-state index in [0.717, 1.165) is 15.9 Å². The van der Waals surface area contributed by atoms with Gasteiger partial charge in [0.2, 0.25) is 11.8 Å². The topological polar surface area (TPSA) is 109 Å². The second-order valence-corrected chi connectivity index (χ2v) is 7.28. The molecule has 1 saturated heterocycles. The Labute approximate surface area is 170 Å². The van der Waals surface area contributed by atoms with Gasteiger partial charge in [0, 0.05) is 17.5 Å². The molecule has 4 amide bonds. The number of nitrogens with one attached hydrogen (secondary N) is 2. The number of hydrogen-bond acceptors (Lipinski definition) is 6. The number of fused-ring (bicyclic) bond motifs is 2. The van der Waals surface area contributed by atoms with Crippen molar-refractivity contribution in [1.82, 2.24) is 10.2 Å². The van der Waals surface area contributed by atoms with Crippen molar-refractivity contribution in [2.24, 2.45) is 0 Å². The zero-order valence-electron chi connectivity index (χ0n) is 15.8. The van der Waals surface area contributed by atoms with Crippen molar-refractivity contribution < 1.29 is 23.6 Å². The van der Waals surface area contributed by atoms with Gasteiger partial charge in [-0.05, 0) is 30.7 Å². The zero-order chi connectivity index (χ0) is 20.8. The highest BCUT2D eigenvalue weighted by Crippen LogP contribution is 2.32. The van der Waals surface area contributed by atoms with Gasteiger partial charge in [0.15, 0.2) is 0 Å². The van der Waals surface area contributed by atoms with Crippen LogP contribution in [0.4, 0.5) is 5.69 Å². The van der Waals surface area contributed by atoms with Crippen molar-refractivity contribution in [3.05, 3.63) is 65.4 Å². The summed E-state index contributed by atoms with van der Waals surface area (Å²) < 4.78 is 5.79. The maximum absolute atomic E-state index is 13.1. The van der Waals surface area contributed by atoms with Crippen LogP contribution in [0.2, 0.25) is 0 Å². The van der Waals surface area contributed by atoms with Crippen molar-refractivity contribution in [3.8, 4) is 0 Å². The molecule has 0 radical (unpaired) electrons. The first kappa shape index (κ1) is 18.1. The first-order valence-corrected chi connectivity index (χ1v) is 9.59. The second kappa shape index (κ2) is 6.84. The summed E-state index contributed by atoms with van der Waals surface area (Å²) in [4.78, 5) is 50.5. The zero-order valence-corrected chi connectivity index (χ0v) is 15.8. The molecule has 8 nitrogen and oxygen atoms in total. The lowest BCUT2D eigenvalue weighted by Crippen LogP contribution is -2.54. The summed E-state index contributed by atoms with van der Waals surface area (Å²) in [6.07, 6.45) is 0.207. The van der Waals surface area contributed by atoms with Crippen LogP contribution in [0.25, 0.3) is 11.0 Å². The van der Waals surface area contributed by atoms with Gasteiger partial charge in [-0.15, -0.1) is 0 Å². The van der Waals surface area contributed by atoms with E-state index in [-0.39, 0.29) is 24.0 Å². The molecule has 0 saturated carbocycles.